The third-order valence-corrected chi connectivity index (χ3v) is 5.57. The number of alkyl halides is 3. The molecule has 2 rings (SSSR count). The summed E-state index contributed by atoms with van der Waals surface area (Å²) in [6, 6.07) is -0.132. The molecule has 0 aromatic carbocycles. The van der Waals surface area contributed by atoms with Crippen LogP contribution in [-0.4, -0.2) is 39.2 Å². The quantitative estimate of drug-likeness (QED) is 0.848. The lowest BCUT2D eigenvalue weighted by atomic mass is 9.85. The van der Waals surface area contributed by atoms with Crippen molar-refractivity contribution in [3.8, 4) is 0 Å². The lowest BCUT2D eigenvalue weighted by molar-refractivity contribution is -0.183. The first-order chi connectivity index (χ1) is 9.10. The van der Waals surface area contributed by atoms with Crippen molar-refractivity contribution in [2.75, 3.05) is 18.6 Å². The summed E-state index contributed by atoms with van der Waals surface area (Å²) >= 11 is 0. The summed E-state index contributed by atoms with van der Waals surface area (Å²) in [5.41, 5.74) is -0.223. The molecule has 20 heavy (non-hydrogen) atoms. The van der Waals surface area contributed by atoms with Gasteiger partial charge in [-0.2, -0.15) is 13.2 Å². The molecule has 2 aliphatic carbocycles. The number of sulfone groups is 1. The molecule has 0 aliphatic heterocycles. The number of nitrogens with one attached hydrogen (secondary N) is 1. The van der Waals surface area contributed by atoms with E-state index in [1.165, 1.54) is 6.26 Å². The van der Waals surface area contributed by atoms with Crippen LogP contribution in [-0.2, 0) is 9.84 Å². The number of hydrogen-bond donors (Lipinski definition) is 1. The average Bonchev–Trinajstić information content (AvgIpc) is 3.04. The smallest absolute Gasteiger partial charge is 0.313 e. The summed E-state index contributed by atoms with van der Waals surface area (Å²) in [7, 11) is -3.03. The summed E-state index contributed by atoms with van der Waals surface area (Å²) in [5, 5.41) is 3.18. The molecule has 2 atom stereocenters. The Hall–Kier alpha value is -0.300. The fraction of sp³-hybridized carbons (Fsp3) is 1.00. The van der Waals surface area contributed by atoms with Crippen LogP contribution in [0.25, 0.3) is 0 Å². The minimum Gasteiger partial charge on any atom is -0.313 e. The van der Waals surface area contributed by atoms with Crippen molar-refractivity contribution in [1.82, 2.24) is 5.32 Å². The molecule has 0 aromatic heterocycles. The van der Waals surface area contributed by atoms with E-state index in [1.807, 2.05) is 0 Å². The van der Waals surface area contributed by atoms with Gasteiger partial charge < -0.3 is 5.32 Å². The van der Waals surface area contributed by atoms with Crippen molar-refractivity contribution in [3.63, 3.8) is 0 Å². The zero-order chi connectivity index (χ0) is 15.0. The van der Waals surface area contributed by atoms with Crippen LogP contribution in [0.1, 0.15) is 38.5 Å². The Kier molecular flexibility index (Phi) is 4.40. The first-order valence-electron chi connectivity index (χ1n) is 7.08. The highest BCUT2D eigenvalue weighted by Crippen LogP contribution is 2.46. The van der Waals surface area contributed by atoms with Crippen LogP contribution in [0.15, 0.2) is 0 Å². The van der Waals surface area contributed by atoms with Crippen molar-refractivity contribution in [2.24, 2.45) is 11.3 Å². The van der Waals surface area contributed by atoms with Gasteiger partial charge in [-0.1, -0.05) is 6.42 Å². The van der Waals surface area contributed by atoms with Crippen LogP contribution in [0.5, 0.6) is 0 Å². The fourth-order valence-corrected chi connectivity index (χ4v) is 4.64. The van der Waals surface area contributed by atoms with E-state index in [9.17, 15) is 21.6 Å². The minimum absolute atomic E-state index is 0.123. The predicted molar refractivity (Wildman–Crippen MR) is 71.2 cm³/mol. The van der Waals surface area contributed by atoms with Crippen LogP contribution in [0.2, 0.25) is 0 Å². The van der Waals surface area contributed by atoms with E-state index in [4.69, 9.17) is 0 Å². The lowest BCUT2D eigenvalue weighted by Gasteiger charge is -2.32. The Balaban J connectivity index is 1.82. The lowest BCUT2D eigenvalue weighted by Crippen LogP contribution is -2.42. The zero-order valence-corrected chi connectivity index (χ0v) is 12.5. The summed E-state index contributed by atoms with van der Waals surface area (Å²) in [4.78, 5) is 0. The van der Waals surface area contributed by atoms with E-state index >= 15 is 0 Å². The van der Waals surface area contributed by atoms with Gasteiger partial charge in [-0.05, 0) is 37.5 Å². The Labute approximate surface area is 118 Å². The maximum absolute atomic E-state index is 12.7. The molecule has 7 heteroatoms. The Morgan fingerprint density at radius 3 is 2.40 bits per heavy atom. The van der Waals surface area contributed by atoms with E-state index in [0.717, 1.165) is 19.3 Å². The molecular weight excluding hydrogens is 291 g/mol. The molecule has 118 valence electrons. The zero-order valence-electron chi connectivity index (χ0n) is 11.7. The molecule has 1 N–H and O–H groups in total. The molecular formula is C13H22F3NO2S. The van der Waals surface area contributed by atoms with Crippen molar-refractivity contribution < 1.29 is 21.6 Å². The molecule has 2 aliphatic rings. The summed E-state index contributed by atoms with van der Waals surface area (Å²) in [6.07, 6.45) is 0.486. The Bertz CT molecular complexity index is 443. The van der Waals surface area contributed by atoms with Crippen LogP contribution < -0.4 is 5.32 Å². The van der Waals surface area contributed by atoms with E-state index < -0.39 is 21.9 Å². The standard InChI is InChI=1S/C13H22F3NO2S/c1-20(18,19)9-12(5-6-12)8-17-11-4-2-3-10(7-11)13(14,15)16/h10-11,17H,2-9H2,1H3/t10-,11-/m1/s1. The first kappa shape index (κ1) is 16.1. The Morgan fingerprint density at radius 1 is 1.25 bits per heavy atom. The van der Waals surface area contributed by atoms with Gasteiger partial charge in [0.25, 0.3) is 0 Å². The second kappa shape index (κ2) is 5.48. The highest BCUT2D eigenvalue weighted by Gasteiger charge is 2.46. The topological polar surface area (TPSA) is 46.2 Å². The third-order valence-electron chi connectivity index (χ3n) is 4.43. The van der Waals surface area contributed by atoms with Crippen LogP contribution in [0.3, 0.4) is 0 Å². The maximum atomic E-state index is 12.7. The molecule has 2 fully saturated rings. The number of hydrogen-bond acceptors (Lipinski definition) is 3. The van der Waals surface area contributed by atoms with Crippen LogP contribution in [0.4, 0.5) is 13.2 Å². The Morgan fingerprint density at radius 2 is 1.90 bits per heavy atom. The van der Waals surface area contributed by atoms with Gasteiger partial charge in [0.05, 0.1) is 11.7 Å². The molecule has 0 spiro atoms. The minimum atomic E-state index is -4.11. The van der Waals surface area contributed by atoms with Crippen LogP contribution in [0, 0.1) is 11.3 Å². The van der Waals surface area contributed by atoms with Crippen molar-refractivity contribution >= 4 is 9.84 Å². The number of rotatable bonds is 5. The molecule has 3 nitrogen and oxygen atoms in total. The third kappa shape index (κ3) is 4.62. The van der Waals surface area contributed by atoms with Gasteiger partial charge in [0.15, 0.2) is 0 Å². The summed E-state index contributed by atoms with van der Waals surface area (Å²) in [6.45, 7) is 0.523. The fourth-order valence-electron chi connectivity index (χ4n) is 3.14. The SMILES string of the molecule is CS(=O)(=O)CC1(CN[C@@H]2CCC[C@@H](C(F)(F)F)C2)CC1. The van der Waals surface area contributed by atoms with Gasteiger partial charge in [-0.15, -0.1) is 0 Å². The highest BCUT2D eigenvalue weighted by atomic mass is 32.2. The second-order valence-electron chi connectivity index (χ2n) is 6.55. The van der Waals surface area contributed by atoms with Crippen molar-refractivity contribution in [3.05, 3.63) is 0 Å². The second-order valence-corrected chi connectivity index (χ2v) is 8.69. The molecule has 0 heterocycles. The predicted octanol–water partition coefficient (Wildman–Crippen LogP) is 2.52. The average molecular weight is 313 g/mol. The molecule has 0 radical (unpaired) electrons. The van der Waals surface area contributed by atoms with Crippen molar-refractivity contribution in [2.45, 2.75) is 50.7 Å². The molecule has 0 amide bonds. The highest BCUT2D eigenvalue weighted by molar-refractivity contribution is 7.90. The first-order valence-corrected chi connectivity index (χ1v) is 9.14. The maximum Gasteiger partial charge on any atom is 0.391 e. The molecule has 0 aromatic rings. The normalized spacial score (nSPS) is 30.2. The summed E-state index contributed by atoms with van der Waals surface area (Å²) in [5.74, 6) is -1.07. The van der Waals surface area contributed by atoms with E-state index in [2.05, 4.69) is 5.32 Å². The van der Waals surface area contributed by atoms with Gasteiger partial charge in [0.1, 0.15) is 9.84 Å². The molecule has 2 saturated carbocycles. The monoisotopic (exact) mass is 313 g/mol. The van der Waals surface area contributed by atoms with Gasteiger partial charge in [-0.3, -0.25) is 0 Å². The van der Waals surface area contributed by atoms with E-state index in [1.54, 1.807) is 0 Å². The largest absolute Gasteiger partial charge is 0.391 e. The van der Waals surface area contributed by atoms with Gasteiger partial charge in [0.2, 0.25) is 0 Å². The van der Waals surface area contributed by atoms with Gasteiger partial charge >= 0.3 is 6.18 Å². The van der Waals surface area contributed by atoms with Crippen molar-refractivity contribution in [1.29, 1.82) is 0 Å². The molecule has 0 saturated heterocycles. The molecule has 0 unspecified atom stereocenters. The van der Waals surface area contributed by atoms with Crippen LogP contribution >= 0.6 is 0 Å². The number of halogens is 3. The van der Waals surface area contributed by atoms with Gasteiger partial charge in [-0.25, -0.2) is 8.42 Å². The van der Waals surface area contributed by atoms with E-state index in [0.29, 0.717) is 13.0 Å². The summed E-state index contributed by atoms with van der Waals surface area (Å²) < 4.78 is 60.8. The van der Waals surface area contributed by atoms with Gasteiger partial charge in [0, 0.05) is 18.8 Å². The molecule has 0 bridgehead atoms. The van der Waals surface area contributed by atoms with E-state index in [-0.39, 0.29) is 30.1 Å².